The Balaban J connectivity index is 1.31. The van der Waals surface area contributed by atoms with Crippen LogP contribution in [-0.2, 0) is 16.0 Å². The van der Waals surface area contributed by atoms with Gasteiger partial charge in [0, 0.05) is 31.6 Å². The fraction of sp³-hybridized carbons (Fsp3) is 0.310. The normalized spacial score (nSPS) is 19.7. The van der Waals surface area contributed by atoms with Crippen molar-refractivity contribution in [3.05, 3.63) is 108 Å². The highest BCUT2D eigenvalue weighted by Gasteiger charge is 2.45. The molecule has 2 fully saturated rings. The first-order valence-corrected chi connectivity index (χ1v) is 11.9. The summed E-state index contributed by atoms with van der Waals surface area (Å²) in [4.78, 5) is 31.0. The zero-order valence-electron chi connectivity index (χ0n) is 18.8. The van der Waals surface area contributed by atoms with Crippen molar-refractivity contribution in [3.63, 3.8) is 0 Å². The molecular formula is C29H30N2O2. The van der Waals surface area contributed by atoms with Crippen molar-refractivity contribution < 1.29 is 9.59 Å². The van der Waals surface area contributed by atoms with Gasteiger partial charge >= 0.3 is 0 Å². The first kappa shape index (κ1) is 21.4. The van der Waals surface area contributed by atoms with Crippen molar-refractivity contribution in [2.75, 3.05) is 13.1 Å². The van der Waals surface area contributed by atoms with Gasteiger partial charge < -0.3 is 9.80 Å². The van der Waals surface area contributed by atoms with Crippen LogP contribution < -0.4 is 0 Å². The van der Waals surface area contributed by atoms with Crippen LogP contribution in [0, 0.1) is 0 Å². The number of rotatable bonds is 6. The second kappa shape index (κ2) is 9.62. The van der Waals surface area contributed by atoms with Crippen molar-refractivity contribution in [2.24, 2.45) is 0 Å². The van der Waals surface area contributed by atoms with Crippen molar-refractivity contribution in [1.29, 1.82) is 0 Å². The molecule has 0 aromatic heterocycles. The predicted octanol–water partition coefficient (Wildman–Crippen LogP) is 4.65. The number of carbonyl (C=O) groups is 2. The van der Waals surface area contributed by atoms with E-state index in [9.17, 15) is 9.59 Å². The molecule has 3 aromatic rings. The Hall–Kier alpha value is -3.40. The molecule has 2 unspecified atom stereocenters. The summed E-state index contributed by atoms with van der Waals surface area (Å²) in [6, 6.07) is 30.5. The zero-order valence-corrected chi connectivity index (χ0v) is 18.8. The van der Waals surface area contributed by atoms with E-state index in [4.69, 9.17) is 0 Å². The van der Waals surface area contributed by atoms with E-state index in [0.717, 1.165) is 30.4 Å². The molecule has 2 heterocycles. The van der Waals surface area contributed by atoms with Crippen LogP contribution in [0.5, 0.6) is 0 Å². The monoisotopic (exact) mass is 438 g/mol. The van der Waals surface area contributed by atoms with Crippen molar-refractivity contribution in [1.82, 2.24) is 9.80 Å². The second-order valence-corrected chi connectivity index (χ2v) is 9.17. The fourth-order valence-electron chi connectivity index (χ4n) is 5.44. The van der Waals surface area contributed by atoms with Gasteiger partial charge in [0.2, 0.25) is 11.8 Å². The molecular weight excluding hydrogens is 408 g/mol. The van der Waals surface area contributed by atoms with Gasteiger partial charge in [0.25, 0.3) is 0 Å². The van der Waals surface area contributed by atoms with Crippen LogP contribution in [0.3, 0.4) is 0 Å². The molecule has 3 aromatic carbocycles. The average molecular weight is 439 g/mol. The first-order valence-electron chi connectivity index (χ1n) is 11.9. The van der Waals surface area contributed by atoms with E-state index in [1.165, 1.54) is 5.56 Å². The Bertz CT molecular complexity index is 1030. The highest BCUT2D eigenvalue weighted by molar-refractivity contribution is 5.88. The lowest BCUT2D eigenvalue weighted by Gasteiger charge is -2.42. The third-order valence-corrected chi connectivity index (χ3v) is 7.07. The van der Waals surface area contributed by atoms with E-state index in [2.05, 4.69) is 17.0 Å². The number of benzene rings is 3. The summed E-state index contributed by atoms with van der Waals surface area (Å²) < 4.78 is 0. The Morgan fingerprint density at radius 1 is 0.727 bits per heavy atom. The number of carbonyl (C=O) groups excluding carboxylic acids is 2. The van der Waals surface area contributed by atoms with Gasteiger partial charge in [0.15, 0.2) is 0 Å². The number of amides is 2. The summed E-state index contributed by atoms with van der Waals surface area (Å²) >= 11 is 0. The Morgan fingerprint density at radius 2 is 1.21 bits per heavy atom. The van der Waals surface area contributed by atoms with Gasteiger partial charge in [-0.25, -0.2) is 0 Å². The van der Waals surface area contributed by atoms with Gasteiger partial charge in [-0.2, -0.15) is 0 Å². The van der Waals surface area contributed by atoms with E-state index in [0.29, 0.717) is 19.5 Å². The van der Waals surface area contributed by atoms with Gasteiger partial charge in [-0.15, -0.1) is 0 Å². The maximum atomic E-state index is 14.0. The minimum absolute atomic E-state index is 0.104. The standard InChI is InChI=1S/C29H30N2O2/c32-27(19-16-22-10-4-1-5-11-22)30-20-25-17-18-26(21-30)31(25)29(33)28(23-12-6-2-7-13-23)24-14-8-3-9-15-24/h1-15,25-26,28H,16-21H2. The predicted molar refractivity (Wildman–Crippen MR) is 130 cm³/mol. The lowest BCUT2D eigenvalue weighted by molar-refractivity contribution is -0.144. The summed E-state index contributed by atoms with van der Waals surface area (Å²) in [5, 5.41) is 0. The molecule has 4 heteroatoms. The minimum atomic E-state index is -0.309. The molecule has 33 heavy (non-hydrogen) atoms. The van der Waals surface area contributed by atoms with Crippen LogP contribution in [0.1, 0.15) is 41.9 Å². The maximum absolute atomic E-state index is 14.0. The lowest BCUT2D eigenvalue weighted by atomic mass is 9.89. The van der Waals surface area contributed by atoms with Crippen LogP contribution in [0.25, 0.3) is 0 Å². The van der Waals surface area contributed by atoms with Crippen molar-refractivity contribution in [3.8, 4) is 0 Å². The van der Waals surface area contributed by atoms with Gasteiger partial charge in [0.05, 0.1) is 5.92 Å². The number of piperazine rings is 1. The van der Waals surface area contributed by atoms with E-state index >= 15 is 0 Å². The Labute approximate surface area is 195 Å². The van der Waals surface area contributed by atoms with Gasteiger partial charge in [-0.05, 0) is 36.0 Å². The second-order valence-electron chi connectivity index (χ2n) is 9.17. The molecule has 0 saturated carbocycles. The van der Waals surface area contributed by atoms with Crippen LogP contribution in [0.2, 0.25) is 0 Å². The zero-order chi connectivity index (χ0) is 22.6. The van der Waals surface area contributed by atoms with Crippen LogP contribution in [0.4, 0.5) is 0 Å². The molecule has 0 aliphatic carbocycles. The first-order chi connectivity index (χ1) is 16.2. The molecule has 168 valence electrons. The topological polar surface area (TPSA) is 40.6 Å². The summed E-state index contributed by atoms with van der Waals surface area (Å²) in [5.41, 5.74) is 3.24. The van der Waals surface area contributed by atoms with E-state index < -0.39 is 0 Å². The van der Waals surface area contributed by atoms with E-state index in [1.54, 1.807) is 0 Å². The lowest BCUT2D eigenvalue weighted by Crippen LogP contribution is -2.58. The largest absolute Gasteiger partial charge is 0.339 e. The summed E-state index contributed by atoms with van der Waals surface area (Å²) in [6.07, 6.45) is 3.22. The molecule has 2 saturated heterocycles. The molecule has 2 bridgehead atoms. The van der Waals surface area contributed by atoms with Crippen LogP contribution in [-0.4, -0.2) is 46.8 Å². The molecule has 4 nitrogen and oxygen atoms in total. The molecule has 0 N–H and O–H groups in total. The molecule has 2 amide bonds. The van der Waals surface area contributed by atoms with E-state index in [1.807, 2.05) is 83.8 Å². The third kappa shape index (κ3) is 4.56. The molecule has 2 aliphatic heterocycles. The molecule has 5 rings (SSSR count). The van der Waals surface area contributed by atoms with E-state index in [-0.39, 0.29) is 29.8 Å². The van der Waals surface area contributed by atoms with Gasteiger partial charge in [0.1, 0.15) is 0 Å². The third-order valence-electron chi connectivity index (χ3n) is 7.07. The van der Waals surface area contributed by atoms with Gasteiger partial charge in [-0.1, -0.05) is 91.0 Å². The number of nitrogens with zero attached hydrogens (tertiary/aromatic N) is 2. The molecule has 0 radical (unpaired) electrons. The quantitative estimate of drug-likeness (QED) is 0.562. The molecule has 2 aliphatic rings. The Kier molecular flexibility index (Phi) is 6.25. The van der Waals surface area contributed by atoms with Crippen LogP contribution in [0.15, 0.2) is 91.0 Å². The smallest absolute Gasteiger partial charge is 0.235 e. The Morgan fingerprint density at radius 3 is 1.73 bits per heavy atom. The number of hydrogen-bond donors (Lipinski definition) is 0. The SMILES string of the molecule is O=C(CCc1ccccc1)N1CC2CCC(C1)N2C(=O)C(c1ccccc1)c1ccccc1. The number of fused-ring (bicyclic) bond motifs is 2. The summed E-state index contributed by atoms with van der Waals surface area (Å²) in [6.45, 7) is 1.29. The average Bonchev–Trinajstić information content (AvgIpc) is 3.13. The maximum Gasteiger partial charge on any atom is 0.235 e. The fourth-order valence-corrected chi connectivity index (χ4v) is 5.44. The number of aryl methyl sites for hydroxylation is 1. The number of hydrogen-bond acceptors (Lipinski definition) is 2. The van der Waals surface area contributed by atoms with Crippen LogP contribution >= 0.6 is 0 Å². The summed E-state index contributed by atoms with van der Waals surface area (Å²) in [7, 11) is 0. The summed E-state index contributed by atoms with van der Waals surface area (Å²) in [5.74, 6) is 0.0534. The molecule has 2 atom stereocenters. The van der Waals surface area contributed by atoms with Crippen molar-refractivity contribution in [2.45, 2.75) is 43.7 Å². The number of likely N-dealkylation sites (tertiary alicyclic amines) is 1. The molecule has 0 spiro atoms. The van der Waals surface area contributed by atoms with Gasteiger partial charge in [-0.3, -0.25) is 9.59 Å². The highest BCUT2D eigenvalue weighted by Crippen LogP contribution is 2.36. The minimum Gasteiger partial charge on any atom is -0.339 e. The van der Waals surface area contributed by atoms with Crippen molar-refractivity contribution >= 4 is 11.8 Å². The highest BCUT2D eigenvalue weighted by atomic mass is 16.2.